The summed E-state index contributed by atoms with van der Waals surface area (Å²) in [5.74, 6) is 2.76. The zero-order valence-corrected chi connectivity index (χ0v) is 13.8. The summed E-state index contributed by atoms with van der Waals surface area (Å²) in [6.45, 7) is 4.88. The lowest BCUT2D eigenvalue weighted by Gasteiger charge is -2.25. The van der Waals surface area contributed by atoms with Gasteiger partial charge in [0.15, 0.2) is 9.84 Å². The summed E-state index contributed by atoms with van der Waals surface area (Å²) in [6, 6.07) is 1.90. The molecule has 2 rings (SSSR count). The molecule has 1 aromatic rings. The summed E-state index contributed by atoms with van der Waals surface area (Å²) in [7, 11) is -0.981. The van der Waals surface area contributed by atoms with Crippen LogP contribution in [0.1, 0.15) is 32.0 Å². The van der Waals surface area contributed by atoms with Crippen molar-refractivity contribution >= 4 is 21.5 Å². The van der Waals surface area contributed by atoms with E-state index in [0.29, 0.717) is 12.2 Å². The topological polar surface area (TPSA) is 75.2 Å². The Morgan fingerprint density at radius 1 is 1.43 bits per heavy atom. The van der Waals surface area contributed by atoms with Gasteiger partial charge in [0, 0.05) is 25.7 Å². The first kappa shape index (κ1) is 16.0. The van der Waals surface area contributed by atoms with Crippen LogP contribution in [0.15, 0.2) is 6.07 Å². The molecule has 1 aliphatic rings. The minimum atomic E-state index is -2.89. The Hall–Kier alpha value is -1.37. The molecular weight excluding hydrogens is 288 g/mol. The number of nitrogens with zero attached hydrogens (tertiary/aromatic N) is 3. The van der Waals surface area contributed by atoms with Gasteiger partial charge in [-0.2, -0.15) is 0 Å². The Morgan fingerprint density at radius 3 is 2.81 bits per heavy atom. The Bertz CT molecular complexity index is 589. The second-order valence-electron chi connectivity index (χ2n) is 5.61. The van der Waals surface area contributed by atoms with Gasteiger partial charge in [-0.05, 0) is 19.8 Å². The van der Waals surface area contributed by atoms with Crippen molar-refractivity contribution in [2.24, 2.45) is 0 Å². The van der Waals surface area contributed by atoms with Gasteiger partial charge in [0.25, 0.3) is 0 Å². The van der Waals surface area contributed by atoms with E-state index < -0.39 is 9.84 Å². The SMILES string of the molecule is CCCCNc1cc(N(C)C2CCS(=O)(=O)C2)nc(C)n1. The van der Waals surface area contributed by atoms with Gasteiger partial charge in [0.1, 0.15) is 17.5 Å². The molecule has 7 heteroatoms. The molecular formula is C14H24N4O2S. The van der Waals surface area contributed by atoms with Crippen molar-refractivity contribution in [2.45, 2.75) is 39.2 Å². The molecule has 0 saturated carbocycles. The Balaban J connectivity index is 2.11. The van der Waals surface area contributed by atoms with Crippen molar-refractivity contribution in [2.75, 3.05) is 35.3 Å². The molecule has 1 fully saturated rings. The molecule has 1 aliphatic heterocycles. The largest absolute Gasteiger partial charge is 0.370 e. The third kappa shape index (κ3) is 4.30. The van der Waals surface area contributed by atoms with Crippen LogP contribution in [0.25, 0.3) is 0 Å². The molecule has 0 aromatic carbocycles. The van der Waals surface area contributed by atoms with Crippen LogP contribution in [0, 0.1) is 6.92 Å². The van der Waals surface area contributed by atoms with E-state index in [9.17, 15) is 8.42 Å². The van der Waals surface area contributed by atoms with E-state index in [2.05, 4.69) is 22.2 Å². The van der Waals surface area contributed by atoms with Crippen LogP contribution in [0.2, 0.25) is 0 Å². The summed E-state index contributed by atoms with van der Waals surface area (Å²) < 4.78 is 23.2. The molecule has 1 aromatic heterocycles. The summed E-state index contributed by atoms with van der Waals surface area (Å²) in [5, 5.41) is 3.29. The normalized spacial score (nSPS) is 20.4. The number of rotatable bonds is 6. The number of hydrogen-bond donors (Lipinski definition) is 1. The number of anilines is 2. The first-order valence-electron chi connectivity index (χ1n) is 7.44. The number of aryl methyl sites for hydroxylation is 1. The summed E-state index contributed by atoms with van der Waals surface area (Å²) in [4.78, 5) is 10.8. The number of hydrogen-bond acceptors (Lipinski definition) is 6. The predicted molar refractivity (Wildman–Crippen MR) is 85.6 cm³/mol. The molecule has 0 radical (unpaired) electrons. The van der Waals surface area contributed by atoms with Crippen LogP contribution >= 0.6 is 0 Å². The molecule has 21 heavy (non-hydrogen) atoms. The van der Waals surface area contributed by atoms with Crippen molar-refractivity contribution in [1.82, 2.24) is 9.97 Å². The average molecular weight is 312 g/mol. The minimum Gasteiger partial charge on any atom is -0.370 e. The molecule has 0 spiro atoms. The van der Waals surface area contributed by atoms with Gasteiger partial charge < -0.3 is 10.2 Å². The fourth-order valence-corrected chi connectivity index (χ4v) is 4.26. The van der Waals surface area contributed by atoms with Gasteiger partial charge >= 0.3 is 0 Å². The highest BCUT2D eigenvalue weighted by molar-refractivity contribution is 7.91. The molecule has 0 amide bonds. The fraction of sp³-hybridized carbons (Fsp3) is 0.714. The zero-order valence-electron chi connectivity index (χ0n) is 13.0. The average Bonchev–Trinajstić information content (AvgIpc) is 2.78. The second kappa shape index (κ2) is 6.60. The molecule has 6 nitrogen and oxygen atoms in total. The number of aromatic nitrogens is 2. The van der Waals surface area contributed by atoms with Gasteiger partial charge in [-0.1, -0.05) is 13.3 Å². The van der Waals surface area contributed by atoms with Crippen LogP contribution in [0.4, 0.5) is 11.6 Å². The maximum atomic E-state index is 11.6. The van der Waals surface area contributed by atoms with Gasteiger partial charge in [-0.15, -0.1) is 0 Å². The van der Waals surface area contributed by atoms with E-state index >= 15 is 0 Å². The van der Waals surface area contributed by atoms with Crippen LogP contribution in [0.3, 0.4) is 0 Å². The predicted octanol–water partition coefficient (Wildman–Crippen LogP) is 1.62. The Labute approximate surface area is 126 Å². The van der Waals surface area contributed by atoms with E-state index in [1.54, 1.807) is 0 Å². The van der Waals surface area contributed by atoms with Gasteiger partial charge in [-0.3, -0.25) is 0 Å². The van der Waals surface area contributed by atoms with E-state index in [1.807, 2.05) is 24.9 Å². The Kier molecular flexibility index (Phi) is 5.03. The van der Waals surface area contributed by atoms with Crippen LogP contribution in [-0.4, -0.2) is 49.5 Å². The van der Waals surface area contributed by atoms with Gasteiger partial charge in [0.05, 0.1) is 11.5 Å². The lowest BCUT2D eigenvalue weighted by Crippen LogP contribution is -2.33. The Morgan fingerprint density at radius 2 is 2.19 bits per heavy atom. The smallest absolute Gasteiger partial charge is 0.152 e. The first-order valence-corrected chi connectivity index (χ1v) is 9.26. The molecule has 1 unspecified atom stereocenters. The molecule has 1 N–H and O–H groups in total. The fourth-order valence-electron chi connectivity index (χ4n) is 2.48. The quantitative estimate of drug-likeness (QED) is 0.805. The molecule has 0 aliphatic carbocycles. The molecule has 1 saturated heterocycles. The summed E-state index contributed by atoms with van der Waals surface area (Å²) in [5.41, 5.74) is 0. The van der Waals surface area contributed by atoms with Crippen molar-refractivity contribution in [3.63, 3.8) is 0 Å². The number of sulfone groups is 1. The summed E-state index contributed by atoms with van der Waals surface area (Å²) in [6.07, 6.45) is 2.89. The summed E-state index contributed by atoms with van der Waals surface area (Å²) >= 11 is 0. The van der Waals surface area contributed by atoms with E-state index in [-0.39, 0.29) is 17.5 Å². The second-order valence-corrected chi connectivity index (χ2v) is 7.84. The van der Waals surface area contributed by atoms with Crippen molar-refractivity contribution < 1.29 is 8.42 Å². The molecule has 0 bridgehead atoms. The van der Waals surface area contributed by atoms with Crippen LogP contribution < -0.4 is 10.2 Å². The van der Waals surface area contributed by atoms with Gasteiger partial charge in [-0.25, -0.2) is 18.4 Å². The van der Waals surface area contributed by atoms with Crippen molar-refractivity contribution in [3.05, 3.63) is 11.9 Å². The third-order valence-corrected chi connectivity index (χ3v) is 5.53. The molecule has 1 atom stereocenters. The number of nitrogens with one attached hydrogen (secondary N) is 1. The van der Waals surface area contributed by atoms with Crippen molar-refractivity contribution in [3.8, 4) is 0 Å². The zero-order chi connectivity index (χ0) is 15.5. The maximum Gasteiger partial charge on any atom is 0.152 e. The van der Waals surface area contributed by atoms with Crippen molar-refractivity contribution in [1.29, 1.82) is 0 Å². The lowest BCUT2D eigenvalue weighted by molar-refractivity contribution is 0.600. The molecule has 118 valence electrons. The third-order valence-electron chi connectivity index (χ3n) is 3.78. The monoisotopic (exact) mass is 312 g/mol. The van der Waals surface area contributed by atoms with Gasteiger partial charge in [0.2, 0.25) is 0 Å². The molecule has 2 heterocycles. The standard InChI is InChI=1S/C14H24N4O2S/c1-4-5-7-15-13-9-14(17-11(2)16-13)18(3)12-6-8-21(19,20)10-12/h9,12H,4-8,10H2,1-3H3,(H,15,16,17). The van der Waals surface area contributed by atoms with E-state index in [4.69, 9.17) is 0 Å². The van der Waals surface area contributed by atoms with Crippen LogP contribution in [-0.2, 0) is 9.84 Å². The van der Waals surface area contributed by atoms with E-state index in [0.717, 1.165) is 31.0 Å². The first-order chi connectivity index (χ1) is 9.91. The lowest BCUT2D eigenvalue weighted by atomic mass is 10.2. The van der Waals surface area contributed by atoms with E-state index in [1.165, 1.54) is 0 Å². The highest BCUT2D eigenvalue weighted by atomic mass is 32.2. The minimum absolute atomic E-state index is 0.00721. The van der Waals surface area contributed by atoms with Crippen LogP contribution in [0.5, 0.6) is 0 Å². The highest BCUT2D eigenvalue weighted by Crippen LogP contribution is 2.23. The number of unbranched alkanes of at least 4 members (excludes halogenated alkanes) is 1. The maximum absolute atomic E-state index is 11.6. The highest BCUT2D eigenvalue weighted by Gasteiger charge is 2.31.